The van der Waals surface area contributed by atoms with Crippen LogP contribution in [0.25, 0.3) is 0 Å². The lowest BCUT2D eigenvalue weighted by atomic mass is 9.79. The highest BCUT2D eigenvalue weighted by atomic mass is 16.4. The SMILES string of the molecule is CN(c1ccc2c(c1)CCC2)C1CC(C(=O)O)C1. The molecule has 0 aromatic heterocycles. The van der Waals surface area contributed by atoms with Crippen molar-refractivity contribution < 1.29 is 9.90 Å². The third-order valence-electron chi connectivity index (χ3n) is 4.50. The smallest absolute Gasteiger partial charge is 0.306 e. The maximum Gasteiger partial charge on any atom is 0.306 e. The number of aryl methyl sites for hydroxylation is 2. The molecule has 3 rings (SSSR count). The molecule has 0 amide bonds. The highest BCUT2D eigenvalue weighted by molar-refractivity contribution is 5.71. The lowest BCUT2D eigenvalue weighted by Crippen LogP contribution is -2.45. The van der Waals surface area contributed by atoms with Gasteiger partial charge in [-0.15, -0.1) is 0 Å². The van der Waals surface area contributed by atoms with Gasteiger partial charge in [0.1, 0.15) is 0 Å². The highest BCUT2D eigenvalue weighted by Gasteiger charge is 2.36. The maximum atomic E-state index is 10.8. The van der Waals surface area contributed by atoms with Crippen LogP contribution in [0, 0.1) is 5.92 Å². The van der Waals surface area contributed by atoms with Crippen molar-refractivity contribution in [2.75, 3.05) is 11.9 Å². The molecule has 0 atom stereocenters. The summed E-state index contributed by atoms with van der Waals surface area (Å²) >= 11 is 0. The van der Waals surface area contributed by atoms with E-state index in [9.17, 15) is 4.79 Å². The third kappa shape index (κ3) is 1.88. The van der Waals surface area contributed by atoms with E-state index in [4.69, 9.17) is 5.11 Å². The third-order valence-corrected chi connectivity index (χ3v) is 4.50. The first-order chi connectivity index (χ1) is 8.65. The van der Waals surface area contributed by atoms with Gasteiger partial charge in [0.15, 0.2) is 0 Å². The van der Waals surface area contributed by atoms with E-state index in [0.717, 1.165) is 12.8 Å². The van der Waals surface area contributed by atoms with Crippen molar-refractivity contribution in [3.8, 4) is 0 Å². The van der Waals surface area contributed by atoms with Gasteiger partial charge in [-0.1, -0.05) is 6.07 Å². The van der Waals surface area contributed by atoms with Gasteiger partial charge in [0.25, 0.3) is 0 Å². The fourth-order valence-electron chi connectivity index (χ4n) is 3.09. The lowest BCUT2D eigenvalue weighted by molar-refractivity contribution is -0.145. The van der Waals surface area contributed by atoms with Gasteiger partial charge in [0, 0.05) is 18.8 Å². The Morgan fingerprint density at radius 2 is 2.00 bits per heavy atom. The Morgan fingerprint density at radius 3 is 2.72 bits per heavy atom. The van der Waals surface area contributed by atoms with Gasteiger partial charge in [-0.2, -0.15) is 0 Å². The van der Waals surface area contributed by atoms with Crippen LogP contribution in [-0.4, -0.2) is 24.2 Å². The minimum absolute atomic E-state index is 0.133. The van der Waals surface area contributed by atoms with E-state index < -0.39 is 5.97 Å². The molecule has 3 nitrogen and oxygen atoms in total. The number of anilines is 1. The van der Waals surface area contributed by atoms with E-state index in [1.54, 1.807) is 0 Å². The molecule has 0 radical (unpaired) electrons. The van der Waals surface area contributed by atoms with E-state index in [1.807, 2.05) is 0 Å². The van der Waals surface area contributed by atoms with Crippen LogP contribution >= 0.6 is 0 Å². The molecule has 1 N–H and O–H groups in total. The Balaban J connectivity index is 1.70. The summed E-state index contributed by atoms with van der Waals surface area (Å²) in [7, 11) is 2.08. The lowest BCUT2D eigenvalue weighted by Gasteiger charge is -2.40. The molecule has 0 unspecified atom stereocenters. The van der Waals surface area contributed by atoms with Crippen molar-refractivity contribution in [3.63, 3.8) is 0 Å². The van der Waals surface area contributed by atoms with Crippen LogP contribution in [0.2, 0.25) is 0 Å². The number of carboxylic acid groups (broad SMARTS) is 1. The van der Waals surface area contributed by atoms with Crippen molar-refractivity contribution in [3.05, 3.63) is 29.3 Å². The summed E-state index contributed by atoms with van der Waals surface area (Å²) in [6.07, 6.45) is 5.24. The number of hydrogen-bond acceptors (Lipinski definition) is 2. The molecule has 1 saturated carbocycles. The van der Waals surface area contributed by atoms with Crippen LogP contribution in [0.5, 0.6) is 0 Å². The molecule has 1 aromatic rings. The molecule has 0 aliphatic heterocycles. The van der Waals surface area contributed by atoms with Crippen molar-refractivity contribution in [1.29, 1.82) is 0 Å². The van der Waals surface area contributed by atoms with Crippen LogP contribution in [0.3, 0.4) is 0 Å². The number of carboxylic acids is 1. The first-order valence-electron chi connectivity index (χ1n) is 6.72. The minimum Gasteiger partial charge on any atom is -0.481 e. The molecule has 1 aromatic carbocycles. The van der Waals surface area contributed by atoms with Crippen LogP contribution in [0.15, 0.2) is 18.2 Å². The zero-order valence-electron chi connectivity index (χ0n) is 10.7. The van der Waals surface area contributed by atoms with E-state index in [0.29, 0.717) is 6.04 Å². The Labute approximate surface area is 107 Å². The van der Waals surface area contributed by atoms with E-state index in [-0.39, 0.29) is 5.92 Å². The fourth-order valence-corrected chi connectivity index (χ4v) is 3.09. The van der Waals surface area contributed by atoms with Gasteiger partial charge in [-0.05, 0) is 55.4 Å². The van der Waals surface area contributed by atoms with Gasteiger partial charge in [0.05, 0.1) is 5.92 Å². The largest absolute Gasteiger partial charge is 0.481 e. The highest BCUT2D eigenvalue weighted by Crippen LogP contribution is 2.35. The first-order valence-corrected chi connectivity index (χ1v) is 6.72. The Morgan fingerprint density at radius 1 is 1.28 bits per heavy atom. The van der Waals surface area contributed by atoms with Crippen molar-refractivity contribution in [2.45, 2.75) is 38.1 Å². The fraction of sp³-hybridized carbons (Fsp3) is 0.533. The summed E-state index contributed by atoms with van der Waals surface area (Å²) in [5, 5.41) is 8.91. The second-order valence-corrected chi connectivity index (χ2v) is 5.58. The molecule has 2 aliphatic rings. The molecule has 96 valence electrons. The molecule has 0 bridgehead atoms. The number of nitrogens with zero attached hydrogens (tertiary/aromatic N) is 1. The monoisotopic (exact) mass is 245 g/mol. The second kappa shape index (κ2) is 4.30. The van der Waals surface area contributed by atoms with Crippen LogP contribution < -0.4 is 4.90 Å². The number of fused-ring (bicyclic) bond motifs is 1. The Hall–Kier alpha value is -1.51. The van der Waals surface area contributed by atoms with E-state index in [1.165, 1.54) is 36.1 Å². The van der Waals surface area contributed by atoms with Crippen molar-refractivity contribution in [1.82, 2.24) is 0 Å². The minimum atomic E-state index is -0.645. The summed E-state index contributed by atoms with van der Waals surface area (Å²) in [6, 6.07) is 7.10. The van der Waals surface area contributed by atoms with Gasteiger partial charge >= 0.3 is 5.97 Å². The van der Waals surface area contributed by atoms with Crippen LogP contribution in [-0.2, 0) is 17.6 Å². The summed E-state index contributed by atoms with van der Waals surface area (Å²) in [6.45, 7) is 0. The maximum absolute atomic E-state index is 10.8. The quantitative estimate of drug-likeness (QED) is 0.889. The Bertz CT molecular complexity index is 477. The summed E-state index contributed by atoms with van der Waals surface area (Å²) in [5.74, 6) is -0.777. The van der Waals surface area contributed by atoms with Gasteiger partial charge in [0.2, 0.25) is 0 Å². The summed E-state index contributed by atoms with van der Waals surface area (Å²) in [4.78, 5) is 13.1. The number of benzene rings is 1. The molecule has 0 spiro atoms. The molecule has 3 heteroatoms. The molecule has 2 aliphatic carbocycles. The second-order valence-electron chi connectivity index (χ2n) is 5.58. The van der Waals surface area contributed by atoms with E-state index in [2.05, 4.69) is 30.1 Å². The molecule has 0 saturated heterocycles. The molecule has 18 heavy (non-hydrogen) atoms. The molecular weight excluding hydrogens is 226 g/mol. The Kier molecular flexibility index (Phi) is 2.77. The van der Waals surface area contributed by atoms with E-state index >= 15 is 0 Å². The zero-order valence-corrected chi connectivity index (χ0v) is 10.7. The first kappa shape index (κ1) is 11.6. The van der Waals surface area contributed by atoms with Crippen LogP contribution in [0.4, 0.5) is 5.69 Å². The molecule has 0 heterocycles. The van der Waals surface area contributed by atoms with Crippen molar-refractivity contribution >= 4 is 11.7 Å². The number of rotatable bonds is 3. The number of carbonyl (C=O) groups is 1. The predicted octanol–water partition coefficient (Wildman–Crippen LogP) is 2.47. The zero-order chi connectivity index (χ0) is 12.7. The normalized spacial score (nSPS) is 25.4. The van der Waals surface area contributed by atoms with Gasteiger partial charge in [-0.25, -0.2) is 0 Å². The van der Waals surface area contributed by atoms with Gasteiger partial charge in [-0.3, -0.25) is 4.79 Å². The topological polar surface area (TPSA) is 40.5 Å². The predicted molar refractivity (Wildman–Crippen MR) is 71.0 cm³/mol. The van der Waals surface area contributed by atoms with Crippen molar-refractivity contribution in [2.24, 2.45) is 5.92 Å². The summed E-state index contributed by atoms with van der Waals surface area (Å²) < 4.78 is 0. The average Bonchev–Trinajstić information content (AvgIpc) is 2.72. The van der Waals surface area contributed by atoms with Gasteiger partial charge < -0.3 is 10.0 Å². The summed E-state index contributed by atoms with van der Waals surface area (Å²) in [5.41, 5.74) is 4.21. The number of aliphatic carboxylic acids is 1. The average molecular weight is 245 g/mol. The molecular formula is C15H19NO2. The molecule has 1 fully saturated rings. The number of hydrogen-bond donors (Lipinski definition) is 1. The standard InChI is InChI=1S/C15H19NO2/c1-16(14-8-12(9-14)15(17)18)13-6-5-10-3-2-4-11(10)7-13/h5-7,12,14H,2-4,8-9H2,1H3,(H,17,18). The van der Waals surface area contributed by atoms with Crippen LogP contribution in [0.1, 0.15) is 30.4 Å².